The number of halogens is 4. The van der Waals surface area contributed by atoms with E-state index in [0.29, 0.717) is 12.5 Å². The van der Waals surface area contributed by atoms with Gasteiger partial charge in [0.05, 0.1) is 11.7 Å². The molecule has 1 atom stereocenters. The van der Waals surface area contributed by atoms with E-state index in [2.05, 4.69) is 0 Å². The number of hydrogen-bond donors (Lipinski definition) is 1. The molecule has 2 rings (SSSR count). The lowest BCUT2D eigenvalue weighted by molar-refractivity contribution is -0.137. The summed E-state index contributed by atoms with van der Waals surface area (Å²) in [7, 11) is 0. The average molecular weight is 304 g/mol. The smallest absolute Gasteiger partial charge is 0.388 e. The maximum atomic E-state index is 13.2. The highest BCUT2D eigenvalue weighted by Gasteiger charge is 2.31. The zero-order valence-electron chi connectivity index (χ0n) is 10.3. The molecule has 0 bridgehead atoms. The third-order valence-corrected chi connectivity index (χ3v) is 3.65. The van der Waals surface area contributed by atoms with Crippen LogP contribution in [0.2, 0.25) is 0 Å². The number of hydrogen-bond acceptors (Lipinski definition) is 2. The van der Waals surface area contributed by atoms with Gasteiger partial charge < -0.3 is 5.11 Å². The quantitative estimate of drug-likeness (QED) is 0.820. The molecule has 1 nitrogen and oxygen atoms in total. The van der Waals surface area contributed by atoms with Gasteiger partial charge in [0.2, 0.25) is 0 Å². The fraction of sp³-hybridized carbons (Fsp3) is 0.286. The van der Waals surface area contributed by atoms with Gasteiger partial charge in [-0.2, -0.15) is 24.5 Å². The van der Waals surface area contributed by atoms with Gasteiger partial charge in [-0.1, -0.05) is 0 Å². The SMILES string of the molecule is OC(CCc1ccsc1)c1cc(F)cc(C(F)(F)F)c1. The summed E-state index contributed by atoms with van der Waals surface area (Å²) in [6, 6.07) is 4.04. The number of rotatable bonds is 4. The molecule has 2 aromatic rings. The second kappa shape index (κ2) is 5.93. The van der Waals surface area contributed by atoms with Crippen LogP contribution in [-0.2, 0) is 12.6 Å². The van der Waals surface area contributed by atoms with Crippen molar-refractivity contribution in [3.05, 3.63) is 57.5 Å². The molecule has 1 heterocycles. The summed E-state index contributed by atoms with van der Waals surface area (Å²) < 4.78 is 50.9. The van der Waals surface area contributed by atoms with Gasteiger partial charge in [0.25, 0.3) is 0 Å². The Morgan fingerprint density at radius 2 is 1.95 bits per heavy atom. The lowest BCUT2D eigenvalue weighted by Crippen LogP contribution is -2.08. The highest BCUT2D eigenvalue weighted by Crippen LogP contribution is 2.32. The summed E-state index contributed by atoms with van der Waals surface area (Å²) in [5.41, 5.74) is -0.129. The van der Waals surface area contributed by atoms with Gasteiger partial charge in [0.1, 0.15) is 5.82 Å². The van der Waals surface area contributed by atoms with E-state index in [0.717, 1.165) is 17.7 Å². The van der Waals surface area contributed by atoms with E-state index < -0.39 is 23.7 Å². The Hall–Kier alpha value is -1.40. The third kappa shape index (κ3) is 3.80. The van der Waals surface area contributed by atoms with E-state index in [1.54, 1.807) is 0 Å². The van der Waals surface area contributed by atoms with Crippen LogP contribution in [0.4, 0.5) is 17.6 Å². The van der Waals surface area contributed by atoms with Crippen LogP contribution in [0.3, 0.4) is 0 Å². The fourth-order valence-corrected chi connectivity index (χ4v) is 2.58. The predicted molar refractivity (Wildman–Crippen MR) is 69.0 cm³/mol. The lowest BCUT2D eigenvalue weighted by Gasteiger charge is -2.14. The molecule has 1 N–H and O–H groups in total. The van der Waals surface area contributed by atoms with Crippen LogP contribution in [0, 0.1) is 5.82 Å². The minimum atomic E-state index is -4.62. The molecule has 1 unspecified atom stereocenters. The van der Waals surface area contributed by atoms with E-state index in [-0.39, 0.29) is 12.0 Å². The molecule has 0 aliphatic rings. The Labute approximate surface area is 117 Å². The van der Waals surface area contributed by atoms with E-state index in [1.165, 1.54) is 11.3 Å². The molecule has 0 saturated carbocycles. The van der Waals surface area contributed by atoms with Crippen molar-refractivity contribution in [2.45, 2.75) is 25.1 Å². The molecule has 0 amide bonds. The van der Waals surface area contributed by atoms with Crippen LogP contribution < -0.4 is 0 Å². The van der Waals surface area contributed by atoms with Crippen molar-refractivity contribution in [3.63, 3.8) is 0 Å². The number of aliphatic hydroxyl groups is 1. The number of alkyl halides is 3. The van der Waals surface area contributed by atoms with Crippen molar-refractivity contribution in [1.82, 2.24) is 0 Å². The lowest BCUT2D eigenvalue weighted by atomic mass is 10.0. The van der Waals surface area contributed by atoms with E-state index >= 15 is 0 Å². The van der Waals surface area contributed by atoms with Crippen LogP contribution >= 0.6 is 11.3 Å². The number of thiophene rings is 1. The van der Waals surface area contributed by atoms with Crippen LogP contribution in [0.5, 0.6) is 0 Å². The second-order valence-electron chi connectivity index (χ2n) is 4.46. The first-order chi connectivity index (χ1) is 9.36. The summed E-state index contributed by atoms with van der Waals surface area (Å²) in [6.07, 6.45) is -4.96. The number of aryl methyl sites for hydroxylation is 1. The first kappa shape index (κ1) is 15.0. The molecule has 20 heavy (non-hydrogen) atoms. The topological polar surface area (TPSA) is 20.2 Å². The number of benzene rings is 1. The van der Waals surface area contributed by atoms with Gasteiger partial charge in [-0.05, 0) is 59.0 Å². The van der Waals surface area contributed by atoms with E-state index in [1.807, 2.05) is 16.8 Å². The highest BCUT2D eigenvalue weighted by molar-refractivity contribution is 7.07. The normalized spacial score (nSPS) is 13.4. The van der Waals surface area contributed by atoms with Gasteiger partial charge >= 0.3 is 6.18 Å². The molecule has 0 fully saturated rings. The van der Waals surface area contributed by atoms with E-state index in [4.69, 9.17) is 0 Å². The third-order valence-electron chi connectivity index (χ3n) is 2.92. The average Bonchev–Trinajstić information content (AvgIpc) is 2.87. The standard InChI is InChI=1S/C14H12F4OS/c15-12-6-10(5-11(7-12)14(16,17)18)13(19)2-1-9-3-4-20-8-9/h3-8,13,19H,1-2H2. The maximum Gasteiger partial charge on any atom is 0.416 e. The molecule has 0 saturated heterocycles. The summed E-state index contributed by atoms with van der Waals surface area (Å²) in [5, 5.41) is 13.7. The Morgan fingerprint density at radius 1 is 1.20 bits per heavy atom. The second-order valence-corrected chi connectivity index (χ2v) is 5.24. The molecule has 1 aromatic heterocycles. The van der Waals surface area contributed by atoms with Crippen LogP contribution in [0.25, 0.3) is 0 Å². The van der Waals surface area contributed by atoms with Crippen molar-refractivity contribution >= 4 is 11.3 Å². The molecule has 6 heteroatoms. The maximum absolute atomic E-state index is 13.2. The van der Waals surface area contributed by atoms with Gasteiger partial charge in [-0.15, -0.1) is 0 Å². The molecule has 108 valence electrons. The first-order valence-electron chi connectivity index (χ1n) is 5.93. The van der Waals surface area contributed by atoms with Crippen molar-refractivity contribution < 1.29 is 22.7 Å². The monoisotopic (exact) mass is 304 g/mol. The Morgan fingerprint density at radius 3 is 2.55 bits per heavy atom. The Bertz CT molecular complexity index is 563. The molecule has 1 aromatic carbocycles. The molecular weight excluding hydrogens is 292 g/mol. The highest BCUT2D eigenvalue weighted by atomic mass is 32.1. The van der Waals surface area contributed by atoms with Crippen LogP contribution in [0.15, 0.2) is 35.0 Å². The van der Waals surface area contributed by atoms with Gasteiger partial charge in [-0.3, -0.25) is 0 Å². The zero-order valence-corrected chi connectivity index (χ0v) is 11.1. The van der Waals surface area contributed by atoms with Gasteiger partial charge in [0, 0.05) is 0 Å². The molecule has 0 radical (unpaired) electrons. The largest absolute Gasteiger partial charge is 0.416 e. The predicted octanol–water partition coefficient (Wildman–Crippen LogP) is 4.57. The minimum absolute atomic E-state index is 0.0486. The summed E-state index contributed by atoms with van der Waals surface area (Å²) in [6.45, 7) is 0. The van der Waals surface area contributed by atoms with Gasteiger partial charge in [-0.25, -0.2) is 4.39 Å². The summed E-state index contributed by atoms with van der Waals surface area (Å²) in [4.78, 5) is 0. The van der Waals surface area contributed by atoms with Crippen LogP contribution in [-0.4, -0.2) is 5.11 Å². The van der Waals surface area contributed by atoms with Crippen LogP contribution in [0.1, 0.15) is 29.2 Å². The zero-order chi connectivity index (χ0) is 14.8. The molecule has 0 aliphatic heterocycles. The molecular formula is C14H12F4OS. The molecule has 0 aliphatic carbocycles. The molecule has 0 spiro atoms. The van der Waals surface area contributed by atoms with E-state index in [9.17, 15) is 22.7 Å². The van der Waals surface area contributed by atoms with Crippen molar-refractivity contribution in [1.29, 1.82) is 0 Å². The Balaban J connectivity index is 2.13. The van der Waals surface area contributed by atoms with Crippen molar-refractivity contribution in [2.24, 2.45) is 0 Å². The van der Waals surface area contributed by atoms with Crippen molar-refractivity contribution in [2.75, 3.05) is 0 Å². The summed E-state index contributed by atoms with van der Waals surface area (Å²) >= 11 is 1.50. The minimum Gasteiger partial charge on any atom is -0.388 e. The Kier molecular flexibility index (Phi) is 4.45. The first-order valence-corrected chi connectivity index (χ1v) is 6.87. The van der Waals surface area contributed by atoms with Crippen molar-refractivity contribution in [3.8, 4) is 0 Å². The fourth-order valence-electron chi connectivity index (χ4n) is 1.87. The summed E-state index contributed by atoms with van der Waals surface area (Å²) in [5.74, 6) is -0.996. The van der Waals surface area contributed by atoms with Gasteiger partial charge in [0.15, 0.2) is 0 Å². The number of aliphatic hydroxyl groups excluding tert-OH is 1.